The fourth-order valence-corrected chi connectivity index (χ4v) is 1.86. The van der Waals surface area contributed by atoms with Crippen molar-refractivity contribution in [1.29, 1.82) is 0 Å². The van der Waals surface area contributed by atoms with Gasteiger partial charge < -0.3 is 10.1 Å². The quantitative estimate of drug-likeness (QED) is 0.819. The molecule has 18 heavy (non-hydrogen) atoms. The number of hydrogen-bond acceptors (Lipinski definition) is 3. The monoisotopic (exact) mass is 249 g/mol. The van der Waals surface area contributed by atoms with Gasteiger partial charge in [-0.25, -0.2) is 0 Å². The molecule has 2 rings (SSSR count). The molecule has 0 spiro atoms. The van der Waals surface area contributed by atoms with Gasteiger partial charge >= 0.3 is 5.97 Å². The van der Waals surface area contributed by atoms with E-state index in [4.69, 9.17) is 0 Å². The zero-order chi connectivity index (χ0) is 13.2. The van der Waals surface area contributed by atoms with E-state index >= 15 is 0 Å². The number of carbonyl (C=O) groups excluding carboxylic acids is 1. The van der Waals surface area contributed by atoms with Gasteiger partial charge in [0.15, 0.2) is 0 Å². The minimum Gasteiger partial charge on any atom is -0.469 e. The summed E-state index contributed by atoms with van der Waals surface area (Å²) in [5.74, 6) is -0.364. The van der Waals surface area contributed by atoms with Gasteiger partial charge in [0.05, 0.1) is 13.0 Å². The molecule has 3 heteroatoms. The largest absolute Gasteiger partial charge is 0.469 e. The molecule has 1 N–H and O–H groups in total. The summed E-state index contributed by atoms with van der Waals surface area (Å²) in [6, 6.07) is 9.58. The first kappa shape index (κ1) is 14.7. The Labute approximate surface area is 110 Å². The lowest BCUT2D eigenvalue weighted by atomic mass is 10.0. The maximum atomic E-state index is 11.1. The van der Waals surface area contributed by atoms with Crippen molar-refractivity contribution in [2.75, 3.05) is 20.2 Å². The first-order valence-electron chi connectivity index (χ1n) is 6.59. The molecule has 0 radical (unpaired) electrons. The molecule has 1 aliphatic heterocycles. The van der Waals surface area contributed by atoms with Crippen LogP contribution in [0.25, 0.3) is 0 Å². The predicted octanol–water partition coefficient (Wildman–Crippen LogP) is 2.72. The van der Waals surface area contributed by atoms with Crippen molar-refractivity contribution in [3.05, 3.63) is 35.9 Å². The van der Waals surface area contributed by atoms with Crippen LogP contribution in [0.5, 0.6) is 0 Å². The van der Waals surface area contributed by atoms with Crippen molar-refractivity contribution < 1.29 is 9.53 Å². The van der Waals surface area contributed by atoms with Gasteiger partial charge in [0.1, 0.15) is 0 Å². The highest BCUT2D eigenvalue weighted by atomic mass is 16.5. The fourth-order valence-electron chi connectivity index (χ4n) is 1.86. The highest BCUT2D eigenvalue weighted by Crippen LogP contribution is 2.15. The summed E-state index contributed by atoms with van der Waals surface area (Å²) in [5.41, 5.74) is 0.990. The van der Waals surface area contributed by atoms with Gasteiger partial charge in [-0.2, -0.15) is 0 Å². The Morgan fingerprint density at radius 1 is 1.17 bits per heavy atom. The average molecular weight is 249 g/mol. The third kappa shape index (κ3) is 5.32. The zero-order valence-corrected chi connectivity index (χ0v) is 11.3. The average Bonchev–Trinajstić information content (AvgIpc) is 2.49. The lowest BCUT2D eigenvalue weighted by Gasteiger charge is -2.08. The molecule has 0 amide bonds. The molecule has 0 bridgehead atoms. The number of carbonyl (C=O) groups is 1. The van der Waals surface area contributed by atoms with Crippen LogP contribution < -0.4 is 5.32 Å². The Kier molecular flexibility index (Phi) is 7.11. The molecule has 1 fully saturated rings. The smallest absolute Gasteiger partial charge is 0.312 e. The Balaban J connectivity index is 0.000000225. The first-order chi connectivity index (χ1) is 8.75. The van der Waals surface area contributed by atoms with Crippen LogP contribution in [0.3, 0.4) is 0 Å². The van der Waals surface area contributed by atoms with Crippen LogP contribution in [-0.2, 0) is 9.53 Å². The minimum absolute atomic E-state index is 0.170. The summed E-state index contributed by atoms with van der Waals surface area (Å²) in [5, 5.41) is 3.28. The van der Waals surface area contributed by atoms with Crippen LogP contribution in [0.4, 0.5) is 0 Å². The summed E-state index contributed by atoms with van der Waals surface area (Å²) >= 11 is 0. The maximum Gasteiger partial charge on any atom is 0.312 e. The van der Waals surface area contributed by atoms with E-state index in [0.29, 0.717) is 0 Å². The molecular weight excluding hydrogens is 226 g/mol. The van der Waals surface area contributed by atoms with E-state index in [1.807, 2.05) is 37.3 Å². The molecule has 1 aromatic rings. The topological polar surface area (TPSA) is 38.3 Å². The second-order valence-electron chi connectivity index (χ2n) is 4.47. The van der Waals surface area contributed by atoms with E-state index in [9.17, 15) is 4.79 Å². The first-order valence-corrected chi connectivity index (χ1v) is 6.59. The van der Waals surface area contributed by atoms with Crippen LogP contribution in [0.2, 0.25) is 0 Å². The summed E-state index contributed by atoms with van der Waals surface area (Å²) in [4.78, 5) is 11.1. The van der Waals surface area contributed by atoms with Crippen molar-refractivity contribution in [2.45, 2.75) is 32.1 Å². The number of esters is 1. The van der Waals surface area contributed by atoms with Gasteiger partial charge in [-0.1, -0.05) is 36.8 Å². The molecule has 0 saturated carbocycles. The molecule has 1 aromatic carbocycles. The number of hydrogen-bond donors (Lipinski definition) is 1. The van der Waals surface area contributed by atoms with Gasteiger partial charge in [0, 0.05) is 0 Å². The van der Waals surface area contributed by atoms with E-state index in [-0.39, 0.29) is 11.9 Å². The zero-order valence-electron chi connectivity index (χ0n) is 11.3. The summed E-state index contributed by atoms with van der Waals surface area (Å²) < 4.78 is 4.63. The molecule has 1 atom stereocenters. The normalized spacial score (nSPS) is 16.1. The highest BCUT2D eigenvalue weighted by Gasteiger charge is 2.14. The van der Waals surface area contributed by atoms with Crippen molar-refractivity contribution in [1.82, 2.24) is 5.32 Å². The van der Waals surface area contributed by atoms with Crippen molar-refractivity contribution in [3.8, 4) is 0 Å². The summed E-state index contributed by atoms with van der Waals surface area (Å²) in [6.07, 6.45) is 4.22. The van der Waals surface area contributed by atoms with E-state index in [0.717, 1.165) is 5.56 Å². The Hall–Kier alpha value is -1.35. The van der Waals surface area contributed by atoms with Crippen LogP contribution in [-0.4, -0.2) is 26.2 Å². The molecule has 100 valence electrons. The number of rotatable bonds is 2. The number of ether oxygens (including phenoxy) is 1. The van der Waals surface area contributed by atoms with Crippen LogP contribution in [0.1, 0.15) is 37.7 Å². The van der Waals surface area contributed by atoms with E-state index in [1.54, 1.807) is 0 Å². The lowest BCUT2D eigenvalue weighted by Crippen LogP contribution is -2.21. The third-order valence-corrected chi connectivity index (χ3v) is 3.06. The highest BCUT2D eigenvalue weighted by molar-refractivity contribution is 5.77. The molecule has 0 aromatic heterocycles. The summed E-state index contributed by atoms with van der Waals surface area (Å²) in [6.45, 7) is 4.33. The standard InChI is InChI=1S/C10H12O2.C5H11N/c1-8(10(11)12-2)9-6-4-3-5-7-9;1-2-4-6-5-3-1/h3-8H,1-2H3;6H,1-5H2. The fraction of sp³-hybridized carbons (Fsp3) is 0.533. The van der Waals surface area contributed by atoms with Crippen LogP contribution in [0, 0.1) is 0 Å². The molecule has 0 aliphatic carbocycles. The number of nitrogens with one attached hydrogen (secondary N) is 1. The second-order valence-corrected chi connectivity index (χ2v) is 4.47. The van der Waals surface area contributed by atoms with Crippen molar-refractivity contribution >= 4 is 5.97 Å². The van der Waals surface area contributed by atoms with Gasteiger partial charge in [0.2, 0.25) is 0 Å². The van der Waals surface area contributed by atoms with E-state index in [2.05, 4.69) is 10.1 Å². The molecule has 1 heterocycles. The lowest BCUT2D eigenvalue weighted by molar-refractivity contribution is -0.141. The van der Waals surface area contributed by atoms with Gasteiger partial charge in [0.25, 0.3) is 0 Å². The Morgan fingerprint density at radius 2 is 1.78 bits per heavy atom. The van der Waals surface area contributed by atoms with Gasteiger partial charge in [-0.3, -0.25) is 4.79 Å². The Morgan fingerprint density at radius 3 is 2.17 bits per heavy atom. The van der Waals surface area contributed by atoms with E-state index in [1.165, 1.54) is 39.5 Å². The molecule has 1 saturated heterocycles. The van der Waals surface area contributed by atoms with E-state index < -0.39 is 0 Å². The number of methoxy groups -OCH3 is 1. The SMILES string of the molecule is C1CCNCC1.COC(=O)C(C)c1ccccc1. The number of piperidine rings is 1. The Bertz CT molecular complexity index is 322. The molecule has 1 unspecified atom stereocenters. The predicted molar refractivity (Wildman–Crippen MR) is 73.6 cm³/mol. The molecule has 3 nitrogen and oxygen atoms in total. The van der Waals surface area contributed by atoms with Gasteiger partial charge in [-0.15, -0.1) is 0 Å². The summed E-state index contributed by atoms with van der Waals surface area (Å²) in [7, 11) is 1.40. The number of benzene rings is 1. The molecule has 1 aliphatic rings. The maximum absolute atomic E-state index is 11.1. The van der Waals surface area contributed by atoms with Crippen molar-refractivity contribution in [3.63, 3.8) is 0 Å². The van der Waals surface area contributed by atoms with Crippen LogP contribution in [0.15, 0.2) is 30.3 Å². The van der Waals surface area contributed by atoms with Crippen LogP contribution >= 0.6 is 0 Å². The van der Waals surface area contributed by atoms with Gasteiger partial charge in [-0.05, 0) is 38.4 Å². The molecular formula is C15H23NO2. The van der Waals surface area contributed by atoms with Crippen molar-refractivity contribution in [2.24, 2.45) is 0 Å². The second kappa shape index (κ2) is 8.70. The minimum atomic E-state index is -0.193. The third-order valence-electron chi connectivity index (χ3n) is 3.06.